The van der Waals surface area contributed by atoms with E-state index in [2.05, 4.69) is 5.32 Å². The predicted octanol–water partition coefficient (Wildman–Crippen LogP) is 0.419. The van der Waals surface area contributed by atoms with E-state index in [-0.39, 0.29) is 18.7 Å². The van der Waals surface area contributed by atoms with Gasteiger partial charge in [0.25, 0.3) is 0 Å². The lowest BCUT2D eigenvalue weighted by molar-refractivity contribution is 0.191. The fourth-order valence-corrected chi connectivity index (χ4v) is 0.705. The Bertz CT molecular complexity index is 135. The van der Waals surface area contributed by atoms with Crippen LogP contribution in [0.25, 0.3) is 0 Å². The molecule has 0 heterocycles. The number of aliphatic hydroxyl groups is 1. The van der Waals surface area contributed by atoms with Crippen LogP contribution in [0.3, 0.4) is 0 Å². The second kappa shape index (κ2) is 5.83. The number of nitrogens with one attached hydrogen (secondary N) is 1. The number of nitrogens with zero attached hydrogens (tertiary/aromatic N) is 1. The van der Waals surface area contributed by atoms with Crippen LogP contribution in [0, 0.1) is 0 Å². The van der Waals surface area contributed by atoms with Gasteiger partial charge in [-0.25, -0.2) is 4.79 Å². The summed E-state index contributed by atoms with van der Waals surface area (Å²) in [6.07, 6.45) is 0.750. The summed E-state index contributed by atoms with van der Waals surface area (Å²) in [5.74, 6) is 0. The number of amides is 2. The van der Waals surface area contributed by atoms with Crippen molar-refractivity contribution >= 4 is 6.03 Å². The molecule has 72 valence electrons. The number of rotatable bonds is 4. The van der Waals surface area contributed by atoms with Gasteiger partial charge in [0, 0.05) is 13.6 Å². The molecule has 0 bridgehead atoms. The number of hydrogen-bond acceptors (Lipinski definition) is 2. The zero-order valence-corrected chi connectivity index (χ0v) is 8.00. The first-order valence-electron chi connectivity index (χ1n) is 4.28. The first kappa shape index (κ1) is 11.2. The van der Waals surface area contributed by atoms with Gasteiger partial charge in [-0.15, -0.1) is 0 Å². The van der Waals surface area contributed by atoms with Crippen LogP contribution < -0.4 is 5.32 Å². The lowest BCUT2D eigenvalue weighted by Crippen LogP contribution is -2.44. The third-order valence-electron chi connectivity index (χ3n) is 1.86. The van der Waals surface area contributed by atoms with E-state index in [9.17, 15) is 4.79 Å². The van der Waals surface area contributed by atoms with E-state index in [0.29, 0.717) is 6.54 Å². The van der Waals surface area contributed by atoms with Crippen molar-refractivity contribution in [3.63, 3.8) is 0 Å². The molecule has 4 heteroatoms. The summed E-state index contributed by atoms with van der Waals surface area (Å²) in [4.78, 5) is 12.8. The molecule has 0 radical (unpaired) electrons. The first-order chi connectivity index (χ1) is 5.65. The van der Waals surface area contributed by atoms with Crippen LogP contribution in [0.15, 0.2) is 0 Å². The third-order valence-corrected chi connectivity index (χ3v) is 1.86. The number of carbonyl (C=O) groups excluding carboxylic acids is 1. The Morgan fingerprint density at radius 1 is 1.58 bits per heavy atom. The number of hydrogen-bond donors (Lipinski definition) is 2. The van der Waals surface area contributed by atoms with Gasteiger partial charge in [-0.2, -0.15) is 0 Å². The monoisotopic (exact) mass is 174 g/mol. The van der Waals surface area contributed by atoms with E-state index in [1.54, 1.807) is 11.9 Å². The SMILES string of the molecule is CCC(CO)NC(=O)N(C)CC. The molecule has 0 rings (SSSR count). The van der Waals surface area contributed by atoms with Crippen LogP contribution in [0.2, 0.25) is 0 Å². The van der Waals surface area contributed by atoms with Crippen molar-refractivity contribution in [3.8, 4) is 0 Å². The minimum atomic E-state index is -0.126. The molecule has 0 saturated carbocycles. The Kier molecular flexibility index (Phi) is 5.45. The van der Waals surface area contributed by atoms with Crippen molar-refractivity contribution < 1.29 is 9.90 Å². The molecule has 2 amide bonds. The fourth-order valence-electron chi connectivity index (χ4n) is 0.705. The van der Waals surface area contributed by atoms with Gasteiger partial charge in [-0.3, -0.25) is 0 Å². The first-order valence-corrected chi connectivity index (χ1v) is 4.28. The average Bonchev–Trinajstić information content (AvgIpc) is 2.12. The van der Waals surface area contributed by atoms with E-state index in [4.69, 9.17) is 5.11 Å². The average molecular weight is 174 g/mol. The normalized spacial score (nSPS) is 12.3. The summed E-state index contributed by atoms with van der Waals surface area (Å²) in [6.45, 7) is 4.50. The Balaban J connectivity index is 3.81. The molecule has 1 unspecified atom stereocenters. The van der Waals surface area contributed by atoms with Gasteiger partial charge in [-0.05, 0) is 13.3 Å². The molecule has 0 fully saturated rings. The summed E-state index contributed by atoms with van der Waals surface area (Å²) in [5, 5.41) is 11.5. The minimum Gasteiger partial charge on any atom is -0.394 e. The summed E-state index contributed by atoms with van der Waals surface area (Å²) < 4.78 is 0. The van der Waals surface area contributed by atoms with Crippen LogP contribution in [-0.4, -0.2) is 42.3 Å². The van der Waals surface area contributed by atoms with Crippen molar-refractivity contribution in [1.82, 2.24) is 10.2 Å². The highest BCUT2D eigenvalue weighted by Crippen LogP contribution is 1.91. The van der Waals surface area contributed by atoms with Crippen LogP contribution in [0.1, 0.15) is 20.3 Å². The summed E-state index contributed by atoms with van der Waals surface area (Å²) >= 11 is 0. The molecule has 0 saturated heterocycles. The highest BCUT2D eigenvalue weighted by atomic mass is 16.3. The Labute approximate surface area is 73.6 Å². The molecule has 0 aliphatic rings. The maximum absolute atomic E-state index is 11.2. The van der Waals surface area contributed by atoms with Gasteiger partial charge in [0.05, 0.1) is 12.6 Å². The summed E-state index contributed by atoms with van der Waals surface area (Å²) in [5.41, 5.74) is 0. The molecule has 0 aromatic rings. The molecule has 0 aromatic carbocycles. The predicted molar refractivity (Wildman–Crippen MR) is 48.0 cm³/mol. The van der Waals surface area contributed by atoms with Gasteiger partial charge >= 0.3 is 6.03 Å². The van der Waals surface area contributed by atoms with Crippen molar-refractivity contribution in [2.75, 3.05) is 20.2 Å². The van der Waals surface area contributed by atoms with Gasteiger partial charge in [0.2, 0.25) is 0 Å². The molecule has 4 nitrogen and oxygen atoms in total. The minimum absolute atomic E-state index is 0.000204. The maximum atomic E-state index is 11.2. The Hall–Kier alpha value is -0.770. The quantitative estimate of drug-likeness (QED) is 0.649. The number of aliphatic hydroxyl groups excluding tert-OH is 1. The molecular weight excluding hydrogens is 156 g/mol. The summed E-state index contributed by atoms with van der Waals surface area (Å²) in [6, 6.07) is -0.245. The van der Waals surface area contributed by atoms with E-state index >= 15 is 0 Å². The zero-order valence-electron chi connectivity index (χ0n) is 8.00. The van der Waals surface area contributed by atoms with Crippen molar-refractivity contribution in [3.05, 3.63) is 0 Å². The van der Waals surface area contributed by atoms with Crippen molar-refractivity contribution in [2.24, 2.45) is 0 Å². The number of carbonyl (C=O) groups is 1. The van der Waals surface area contributed by atoms with Gasteiger partial charge in [-0.1, -0.05) is 6.92 Å². The third kappa shape index (κ3) is 3.57. The molecule has 0 spiro atoms. The van der Waals surface area contributed by atoms with Crippen LogP contribution in [-0.2, 0) is 0 Å². The molecule has 1 atom stereocenters. The molecule has 2 N–H and O–H groups in total. The fraction of sp³-hybridized carbons (Fsp3) is 0.875. The summed E-state index contributed by atoms with van der Waals surface area (Å²) in [7, 11) is 1.72. The smallest absolute Gasteiger partial charge is 0.317 e. The van der Waals surface area contributed by atoms with Gasteiger partial charge in [0.1, 0.15) is 0 Å². The molecule has 0 aliphatic heterocycles. The standard InChI is InChI=1S/C8H18N2O2/c1-4-7(6-11)9-8(12)10(3)5-2/h7,11H,4-6H2,1-3H3,(H,9,12). The Morgan fingerprint density at radius 2 is 2.17 bits per heavy atom. The second-order valence-corrected chi connectivity index (χ2v) is 2.75. The molecule has 0 aliphatic carbocycles. The van der Waals surface area contributed by atoms with Crippen LogP contribution in [0.4, 0.5) is 4.79 Å². The molecule has 0 aromatic heterocycles. The van der Waals surface area contributed by atoms with Gasteiger partial charge < -0.3 is 15.3 Å². The maximum Gasteiger partial charge on any atom is 0.317 e. The van der Waals surface area contributed by atoms with Crippen molar-refractivity contribution in [2.45, 2.75) is 26.3 Å². The highest BCUT2D eigenvalue weighted by molar-refractivity contribution is 5.74. The largest absolute Gasteiger partial charge is 0.394 e. The number of urea groups is 1. The second-order valence-electron chi connectivity index (χ2n) is 2.75. The lowest BCUT2D eigenvalue weighted by Gasteiger charge is -2.20. The van der Waals surface area contributed by atoms with Crippen LogP contribution >= 0.6 is 0 Å². The van der Waals surface area contributed by atoms with E-state index in [0.717, 1.165) is 6.42 Å². The zero-order chi connectivity index (χ0) is 9.56. The lowest BCUT2D eigenvalue weighted by atomic mass is 10.2. The Morgan fingerprint density at radius 3 is 2.50 bits per heavy atom. The highest BCUT2D eigenvalue weighted by Gasteiger charge is 2.10. The molecule has 12 heavy (non-hydrogen) atoms. The van der Waals surface area contributed by atoms with E-state index in [1.807, 2.05) is 13.8 Å². The topological polar surface area (TPSA) is 52.6 Å². The van der Waals surface area contributed by atoms with Crippen LogP contribution in [0.5, 0.6) is 0 Å². The molecular formula is C8H18N2O2. The van der Waals surface area contributed by atoms with Crippen molar-refractivity contribution in [1.29, 1.82) is 0 Å². The van der Waals surface area contributed by atoms with E-state index < -0.39 is 0 Å². The van der Waals surface area contributed by atoms with E-state index in [1.165, 1.54) is 0 Å². The van der Waals surface area contributed by atoms with Gasteiger partial charge in [0.15, 0.2) is 0 Å².